The van der Waals surface area contributed by atoms with Crippen LogP contribution < -0.4 is 5.32 Å². The summed E-state index contributed by atoms with van der Waals surface area (Å²) in [6.07, 6.45) is 0.498. The summed E-state index contributed by atoms with van der Waals surface area (Å²) in [5, 5.41) is 19.3. The van der Waals surface area contributed by atoms with Gasteiger partial charge in [0.05, 0.1) is 0 Å². The minimum atomic E-state index is -0.537. The molecular formula is C21H19N5O. The molecule has 27 heavy (non-hydrogen) atoms. The van der Waals surface area contributed by atoms with Gasteiger partial charge in [-0.15, -0.1) is 10.2 Å². The van der Waals surface area contributed by atoms with Crippen LogP contribution in [0.1, 0.15) is 22.9 Å². The van der Waals surface area contributed by atoms with Crippen molar-refractivity contribution in [2.45, 2.75) is 19.3 Å². The predicted octanol–water partition coefficient (Wildman–Crippen LogP) is 3.63. The van der Waals surface area contributed by atoms with Gasteiger partial charge in [0, 0.05) is 11.1 Å². The van der Waals surface area contributed by atoms with Crippen molar-refractivity contribution in [3.63, 3.8) is 0 Å². The molecular weight excluding hydrogens is 338 g/mol. The molecule has 0 saturated carbocycles. The molecule has 4 rings (SSSR count). The number of aryl methyl sites for hydroxylation is 1. The fourth-order valence-electron chi connectivity index (χ4n) is 3.25. The number of fused-ring (bicyclic) bond motifs is 1. The molecule has 134 valence electrons. The molecule has 6 nitrogen and oxygen atoms in total. The van der Waals surface area contributed by atoms with Gasteiger partial charge in [-0.2, -0.15) is 5.21 Å². The van der Waals surface area contributed by atoms with Gasteiger partial charge in [0.15, 0.2) is 5.82 Å². The normalized spacial score (nSPS) is 12.0. The number of rotatable bonds is 5. The van der Waals surface area contributed by atoms with Crippen LogP contribution in [0.25, 0.3) is 10.8 Å². The number of tetrazole rings is 1. The van der Waals surface area contributed by atoms with Gasteiger partial charge in [0.2, 0.25) is 5.91 Å². The Bertz CT molecular complexity index is 1070. The Hall–Kier alpha value is -3.54. The maximum atomic E-state index is 13.1. The predicted molar refractivity (Wildman–Crippen MR) is 104 cm³/mol. The van der Waals surface area contributed by atoms with Crippen molar-refractivity contribution in [2.24, 2.45) is 0 Å². The molecule has 0 fully saturated rings. The van der Waals surface area contributed by atoms with E-state index in [0.29, 0.717) is 12.2 Å². The van der Waals surface area contributed by atoms with Crippen LogP contribution in [-0.4, -0.2) is 26.5 Å². The van der Waals surface area contributed by atoms with Crippen molar-refractivity contribution in [3.05, 3.63) is 83.7 Å². The maximum Gasteiger partial charge on any atom is 0.235 e. The lowest BCUT2D eigenvalue weighted by atomic mass is 9.96. The zero-order valence-corrected chi connectivity index (χ0v) is 14.9. The van der Waals surface area contributed by atoms with Gasteiger partial charge in [-0.3, -0.25) is 4.79 Å². The smallest absolute Gasteiger partial charge is 0.235 e. The zero-order valence-electron chi connectivity index (χ0n) is 14.9. The lowest BCUT2D eigenvalue weighted by molar-refractivity contribution is -0.117. The van der Waals surface area contributed by atoms with E-state index in [2.05, 4.69) is 32.0 Å². The first-order valence-electron chi connectivity index (χ1n) is 8.78. The molecule has 4 aromatic rings. The zero-order chi connectivity index (χ0) is 18.6. The number of nitrogens with zero attached hydrogens (tertiary/aromatic N) is 3. The van der Waals surface area contributed by atoms with Crippen LogP contribution in [0.2, 0.25) is 0 Å². The molecule has 6 heteroatoms. The molecule has 0 spiro atoms. The Labute approximate surface area is 156 Å². The third kappa shape index (κ3) is 3.69. The standard InChI is InChI=1S/C21H19N5O/c1-14-6-4-7-15(12-14)13-18(20-23-25-26-24-20)21(27)22-19-11-5-9-16-8-2-3-10-17(16)19/h2-12,18H,13H2,1H3,(H,22,27)(H,23,24,25,26)/t18-/m0/s1. The number of aromatic nitrogens is 4. The molecule has 0 aliphatic carbocycles. The number of anilines is 1. The molecule has 0 aliphatic rings. The van der Waals surface area contributed by atoms with Crippen molar-refractivity contribution < 1.29 is 4.79 Å². The Morgan fingerprint density at radius 3 is 2.70 bits per heavy atom. The summed E-state index contributed by atoms with van der Waals surface area (Å²) in [7, 11) is 0. The molecule has 1 heterocycles. The van der Waals surface area contributed by atoms with Gasteiger partial charge >= 0.3 is 0 Å². The van der Waals surface area contributed by atoms with Crippen LogP contribution in [0.3, 0.4) is 0 Å². The number of carbonyl (C=O) groups excluding carboxylic acids is 1. The van der Waals surface area contributed by atoms with Gasteiger partial charge in [0.1, 0.15) is 5.92 Å². The first-order chi connectivity index (χ1) is 13.2. The molecule has 1 amide bonds. The summed E-state index contributed by atoms with van der Waals surface area (Å²) < 4.78 is 0. The number of amides is 1. The Kier molecular flexibility index (Phi) is 4.61. The molecule has 0 radical (unpaired) electrons. The highest BCUT2D eigenvalue weighted by molar-refractivity contribution is 6.04. The van der Waals surface area contributed by atoms with Crippen molar-refractivity contribution in [1.29, 1.82) is 0 Å². The average molecular weight is 357 g/mol. The highest BCUT2D eigenvalue weighted by Gasteiger charge is 2.26. The molecule has 0 unspecified atom stereocenters. The lowest BCUT2D eigenvalue weighted by Gasteiger charge is -2.15. The average Bonchev–Trinajstić information content (AvgIpc) is 3.21. The lowest BCUT2D eigenvalue weighted by Crippen LogP contribution is -2.24. The molecule has 0 saturated heterocycles. The first kappa shape index (κ1) is 16.9. The Morgan fingerprint density at radius 2 is 1.89 bits per heavy atom. The van der Waals surface area contributed by atoms with Crippen LogP contribution in [0.15, 0.2) is 66.7 Å². The maximum absolute atomic E-state index is 13.1. The molecule has 1 aromatic heterocycles. The highest BCUT2D eigenvalue weighted by atomic mass is 16.1. The van der Waals surface area contributed by atoms with E-state index < -0.39 is 5.92 Å². The second kappa shape index (κ2) is 7.37. The highest BCUT2D eigenvalue weighted by Crippen LogP contribution is 2.26. The number of carbonyl (C=O) groups is 1. The molecule has 2 N–H and O–H groups in total. The topological polar surface area (TPSA) is 83.6 Å². The molecule has 0 bridgehead atoms. The van der Waals surface area contributed by atoms with E-state index in [0.717, 1.165) is 27.6 Å². The monoisotopic (exact) mass is 357 g/mol. The van der Waals surface area contributed by atoms with E-state index in [1.807, 2.05) is 67.6 Å². The summed E-state index contributed by atoms with van der Waals surface area (Å²) >= 11 is 0. The van der Waals surface area contributed by atoms with Gasteiger partial charge in [-0.1, -0.05) is 71.4 Å². The number of hydrogen-bond acceptors (Lipinski definition) is 4. The first-order valence-corrected chi connectivity index (χ1v) is 8.78. The quantitative estimate of drug-likeness (QED) is 0.571. The third-order valence-electron chi connectivity index (χ3n) is 4.56. The third-order valence-corrected chi connectivity index (χ3v) is 4.56. The SMILES string of the molecule is Cc1cccc(C[C@H](C(=O)Nc2cccc3ccccc23)c2nn[nH]n2)c1. The summed E-state index contributed by atoms with van der Waals surface area (Å²) in [6.45, 7) is 2.03. The number of aromatic amines is 1. The van der Waals surface area contributed by atoms with E-state index in [9.17, 15) is 4.79 Å². The van der Waals surface area contributed by atoms with E-state index in [4.69, 9.17) is 0 Å². The number of benzene rings is 3. The van der Waals surface area contributed by atoms with Gasteiger partial charge in [0.25, 0.3) is 0 Å². The van der Waals surface area contributed by atoms with E-state index in [1.165, 1.54) is 0 Å². The van der Waals surface area contributed by atoms with Gasteiger partial charge in [-0.05, 0) is 30.4 Å². The Balaban J connectivity index is 1.64. The summed E-state index contributed by atoms with van der Waals surface area (Å²) in [5.74, 6) is -0.312. The van der Waals surface area contributed by atoms with Crippen LogP contribution in [-0.2, 0) is 11.2 Å². The summed E-state index contributed by atoms with van der Waals surface area (Å²) in [5.41, 5.74) is 2.97. The molecule has 0 aliphatic heterocycles. The van der Waals surface area contributed by atoms with E-state index in [-0.39, 0.29) is 5.91 Å². The minimum Gasteiger partial charge on any atom is -0.325 e. The van der Waals surface area contributed by atoms with Crippen LogP contribution >= 0.6 is 0 Å². The molecule has 1 atom stereocenters. The minimum absolute atomic E-state index is 0.158. The van der Waals surface area contributed by atoms with Crippen LogP contribution in [0.4, 0.5) is 5.69 Å². The second-order valence-electron chi connectivity index (χ2n) is 6.53. The van der Waals surface area contributed by atoms with Crippen molar-refractivity contribution in [3.8, 4) is 0 Å². The van der Waals surface area contributed by atoms with Crippen LogP contribution in [0.5, 0.6) is 0 Å². The fourth-order valence-corrected chi connectivity index (χ4v) is 3.25. The fraction of sp³-hybridized carbons (Fsp3) is 0.143. The van der Waals surface area contributed by atoms with Crippen molar-refractivity contribution in [2.75, 3.05) is 5.32 Å². The largest absolute Gasteiger partial charge is 0.325 e. The number of hydrogen-bond donors (Lipinski definition) is 2. The number of nitrogens with one attached hydrogen (secondary N) is 2. The Morgan fingerprint density at radius 1 is 1.07 bits per heavy atom. The van der Waals surface area contributed by atoms with E-state index >= 15 is 0 Å². The van der Waals surface area contributed by atoms with Crippen molar-refractivity contribution >= 4 is 22.4 Å². The van der Waals surface area contributed by atoms with Crippen molar-refractivity contribution in [1.82, 2.24) is 20.6 Å². The summed E-state index contributed by atoms with van der Waals surface area (Å²) in [4.78, 5) is 13.1. The van der Waals surface area contributed by atoms with Gasteiger partial charge in [-0.25, -0.2) is 0 Å². The number of H-pyrrole nitrogens is 1. The second-order valence-corrected chi connectivity index (χ2v) is 6.53. The summed E-state index contributed by atoms with van der Waals surface area (Å²) in [6, 6.07) is 21.9. The van der Waals surface area contributed by atoms with Gasteiger partial charge < -0.3 is 5.32 Å². The molecule has 3 aromatic carbocycles. The van der Waals surface area contributed by atoms with Crippen LogP contribution in [0, 0.1) is 6.92 Å². The van der Waals surface area contributed by atoms with E-state index in [1.54, 1.807) is 0 Å².